The zero-order chi connectivity index (χ0) is 18.4. The molecule has 1 aliphatic carbocycles. The molecule has 0 atom stereocenters. The van der Waals surface area contributed by atoms with Crippen LogP contribution in [0.25, 0.3) is 0 Å². The van der Waals surface area contributed by atoms with Crippen molar-refractivity contribution in [2.45, 2.75) is 58.5 Å². The second-order valence-electron chi connectivity index (χ2n) is 7.49. The molecule has 7 heteroatoms. The van der Waals surface area contributed by atoms with Crippen molar-refractivity contribution in [3.05, 3.63) is 28.8 Å². The highest BCUT2D eigenvalue weighted by Crippen LogP contribution is 2.30. The highest BCUT2D eigenvalue weighted by atomic mass is 127. The molecule has 0 fully saturated rings. The zero-order valence-electron chi connectivity index (χ0n) is 16.1. The van der Waals surface area contributed by atoms with Gasteiger partial charge < -0.3 is 21.1 Å². The molecular weight excluding hydrogens is 443 g/mol. The van der Waals surface area contributed by atoms with Crippen molar-refractivity contribution in [2.75, 3.05) is 13.6 Å². The summed E-state index contributed by atoms with van der Waals surface area (Å²) in [6, 6.07) is 3.80. The van der Waals surface area contributed by atoms with Crippen molar-refractivity contribution in [2.24, 2.45) is 4.99 Å². The van der Waals surface area contributed by atoms with Crippen LogP contribution in [0.5, 0.6) is 5.75 Å². The minimum atomic E-state index is -0.259. The van der Waals surface area contributed by atoms with Crippen molar-refractivity contribution in [1.29, 1.82) is 0 Å². The average Bonchev–Trinajstić information content (AvgIpc) is 2.55. The number of aromatic hydroxyl groups is 1. The Kier molecular flexibility index (Phi) is 8.66. The molecule has 26 heavy (non-hydrogen) atoms. The Balaban J connectivity index is 0.00000338. The third-order valence-electron chi connectivity index (χ3n) is 4.21. The summed E-state index contributed by atoms with van der Waals surface area (Å²) in [4.78, 5) is 16.0. The van der Waals surface area contributed by atoms with Crippen LogP contribution in [-0.2, 0) is 24.2 Å². The third-order valence-corrected chi connectivity index (χ3v) is 4.21. The number of nitrogens with zero attached hydrogens (tertiary/aromatic N) is 1. The Bertz CT molecular complexity index is 654. The van der Waals surface area contributed by atoms with E-state index >= 15 is 0 Å². The van der Waals surface area contributed by atoms with Gasteiger partial charge in [-0.15, -0.1) is 24.0 Å². The number of aryl methyl sites for hydroxylation is 1. The second kappa shape index (κ2) is 9.99. The smallest absolute Gasteiger partial charge is 0.239 e. The van der Waals surface area contributed by atoms with E-state index in [1.165, 1.54) is 17.5 Å². The Morgan fingerprint density at radius 3 is 2.54 bits per heavy atom. The Labute approximate surface area is 173 Å². The summed E-state index contributed by atoms with van der Waals surface area (Å²) >= 11 is 0. The number of aliphatic imine (C=N–C) groups is 1. The van der Waals surface area contributed by atoms with Gasteiger partial charge in [-0.05, 0) is 63.6 Å². The van der Waals surface area contributed by atoms with Gasteiger partial charge in [0.15, 0.2) is 5.96 Å². The van der Waals surface area contributed by atoms with E-state index in [0.29, 0.717) is 18.3 Å². The van der Waals surface area contributed by atoms with Crippen LogP contribution in [0.2, 0.25) is 0 Å². The molecule has 0 aliphatic heterocycles. The van der Waals surface area contributed by atoms with Gasteiger partial charge in [0.05, 0.1) is 6.54 Å². The molecule has 1 amide bonds. The highest BCUT2D eigenvalue weighted by molar-refractivity contribution is 14.0. The maximum absolute atomic E-state index is 11.9. The molecule has 1 aromatic rings. The molecule has 4 N–H and O–H groups in total. The van der Waals surface area contributed by atoms with Crippen LogP contribution in [0.3, 0.4) is 0 Å². The maximum Gasteiger partial charge on any atom is 0.239 e. The molecule has 0 unspecified atom stereocenters. The molecule has 1 aromatic carbocycles. The zero-order valence-corrected chi connectivity index (χ0v) is 18.4. The molecule has 0 aromatic heterocycles. The summed E-state index contributed by atoms with van der Waals surface area (Å²) in [6.45, 7) is 6.46. The number of carbonyl (C=O) groups excluding carboxylic acids is 1. The van der Waals surface area contributed by atoms with Crippen LogP contribution in [0.15, 0.2) is 17.1 Å². The van der Waals surface area contributed by atoms with Crippen molar-refractivity contribution < 1.29 is 9.90 Å². The number of carbonyl (C=O) groups is 1. The summed E-state index contributed by atoms with van der Waals surface area (Å²) in [5.41, 5.74) is 3.25. The highest BCUT2D eigenvalue weighted by Gasteiger charge is 2.17. The van der Waals surface area contributed by atoms with Crippen LogP contribution in [-0.4, -0.2) is 36.1 Å². The predicted molar refractivity (Wildman–Crippen MR) is 116 cm³/mol. The number of halogens is 1. The van der Waals surface area contributed by atoms with Gasteiger partial charge in [0.2, 0.25) is 5.91 Å². The first-order valence-corrected chi connectivity index (χ1v) is 8.88. The standard InChI is InChI=1S/C19H30N4O2.HI/c1-19(2,3)23-17(25)12-22-18(20-4)21-11-15-14-8-6-5-7-13(14)9-10-16(15)24;/h9-10,24H,5-8,11-12H2,1-4H3,(H,23,25)(H2,20,21,22);1H. The lowest BCUT2D eigenvalue weighted by Gasteiger charge is -2.22. The second-order valence-corrected chi connectivity index (χ2v) is 7.49. The molecule has 0 bridgehead atoms. The van der Waals surface area contributed by atoms with E-state index in [0.717, 1.165) is 24.8 Å². The first kappa shape index (κ1) is 22.5. The number of phenolic OH excluding ortho intramolecular Hbond substituents is 1. The van der Waals surface area contributed by atoms with Gasteiger partial charge in [0.1, 0.15) is 5.75 Å². The number of nitrogens with one attached hydrogen (secondary N) is 3. The minimum absolute atomic E-state index is 0. The first-order chi connectivity index (χ1) is 11.8. The van der Waals surface area contributed by atoms with Crippen LogP contribution < -0.4 is 16.0 Å². The molecule has 146 valence electrons. The minimum Gasteiger partial charge on any atom is -0.508 e. The predicted octanol–water partition coefficient (Wildman–Crippen LogP) is 2.47. The lowest BCUT2D eigenvalue weighted by molar-refractivity contribution is -0.121. The fourth-order valence-electron chi connectivity index (χ4n) is 3.11. The first-order valence-electron chi connectivity index (χ1n) is 8.88. The summed E-state index contributed by atoms with van der Waals surface area (Å²) in [7, 11) is 1.66. The van der Waals surface area contributed by atoms with Crippen molar-refractivity contribution in [3.63, 3.8) is 0 Å². The monoisotopic (exact) mass is 474 g/mol. The largest absolute Gasteiger partial charge is 0.508 e. The van der Waals surface area contributed by atoms with E-state index < -0.39 is 0 Å². The molecule has 2 rings (SSSR count). The quantitative estimate of drug-likeness (QED) is 0.307. The average molecular weight is 474 g/mol. The molecule has 1 aliphatic rings. The fourth-order valence-corrected chi connectivity index (χ4v) is 3.11. The van der Waals surface area contributed by atoms with Gasteiger partial charge in [-0.3, -0.25) is 9.79 Å². The summed E-state index contributed by atoms with van der Waals surface area (Å²) in [5, 5.41) is 19.3. The van der Waals surface area contributed by atoms with E-state index in [2.05, 4.69) is 20.9 Å². The number of benzene rings is 1. The van der Waals surface area contributed by atoms with Crippen LogP contribution in [0.1, 0.15) is 50.3 Å². The Morgan fingerprint density at radius 1 is 1.19 bits per heavy atom. The van der Waals surface area contributed by atoms with Crippen LogP contribution >= 0.6 is 24.0 Å². The fraction of sp³-hybridized carbons (Fsp3) is 0.579. The van der Waals surface area contributed by atoms with Gasteiger partial charge in [-0.25, -0.2) is 0 Å². The number of amides is 1. The van der Waals surface area contributed by atoms with Gasteiger partial charge in [-0.2, -0.15) is 0 Å². The SMILES string of the molecule is CN=C(NCC(=O)NC(C)(C)C)NCc1c(O)ccc2c1CCCC2.I. The van der Waals surface area contributed by atoms with E-state index in [1.54, 1.807) is 13.1 Å². The van der Waals surface area contributed by atoms with Crippen molar-refractivity contribution in [3.8, 4) is 5.75 Å². The number of fused-ring (bicyclic) bond motifs is 1. The molecular formula is C19H31IN4O2. The lowest BCUT2D eigenvalue weighted by atomic mass is 9.88. The number of hydrogen-bond donors (Lipinski definition) is 4. The van der Waals surface area contributed by atoms with Crippen LogP contribution in [0, 0.1) is 0 Å². The Hall–Kier alpha value is -1.51. The molecule has 0 spiro atoms. The van der Waals surface area contributed by atoms with Gasteiger partial charge in [0.25, 0.3) is 0 Å². The summed E-state index contributed by atoms with van der Waals surface area (Å²) in [5.74, 6) is 0.765. The molecule has 0 saturated carbocycles. The number of guanidine groups is 1. The summed E-state index contributed by atoms with van der Waals surface area (Å²) < 4.78 is 0. The molecule has 0 radical (unpaired) electrons. The van der Waals surface area contributed by atoms with Crippen LogP contribution in [0.4, 0.5) is 0 Å². The van der Waals surface area contributed by atoms with Crippen molar-refractivity contribution in [1.82, 2.24) is 16.0 Å². The van der Waals surface area contributed by atoms with E-state index in [4.69, 9.17) is 0 Å². The third kappa shape index (κ3) is 6.66. The molecule has 0 heterocycles. The number of rotatable bonds is 4. The van der Waals surface area contributed by atoms with Crippen molar-refractivity contribution >= 4 is 35.8 Å². The van der Waals surface area contributed by atoms with E-state index in [1.807, 2.05) is 26.8 Å². The summed E-state index contributed by atoms with van der Waals surface area (Å²) in [6.07, 6.45) is 4.43. The lowest BCUT2D eigenvalue weighted by Crippen LogP contribution is -2.48. The number of phenols is 1. The topological polar surface area (TPSA) is 85.8 Å². The molecule has 0 saturated heterocycles. The maximum atomic E-state index is 11.9. The van der Waals surface area contributed by atoms with Gasteiger partial charge >= 0.3 is 0 Å². The Morgan fingerprint density at radius 2 is 1.88 bits per heavy atom. The van der Waals surface area contributed by atoms with Gasteiger partial charge in [-0.1, -0.05) is 6.07 Å². The normalized spacial score (nSPS) is 14.1. The molecule has 6 nitrogen and oxygen atoms in total. The van der Waals surface area contributed by atoms with Gasteiger partial charge in [0, 0.05) is 24.7 Å². The van der Waals surface area contributed by atoms with E-state index in [-0.39, 0.29) is 42.0 Å². The van der Waals surface area contributed by atoms with E-state index in [9.17, 15) is 9.90 Å². The number of hydrogen-bond acceptors (Lipinski definition) is 3.